The van der Waals surface area contributed by atoms with E-state index < -0.39 is 104 Å². The van der Waals surface area contributed by atoms with Crippen LogP contribution in [0.5, 0.6) is 5.88 Å². The van der Waals surface area contributed by atoms with Crippen LogP contribution in [0.1, 0.15) is 111 Å². The van der Waals surface area contributed by atoms with Gasteiger partial charge in [-0.2, -0.15) is 8.78 Å². The third-order valence-corrected chi connectivity index (χ3v) is 14.3. The van der Waals surface area contributed by atoms with Crippen molar-refractivity contribution in [2.24, 2.45) is 23.2 Å². The van der Waals surface area contributed by atoms with Gasteiger partial charge in [0.15, 0.2) is 5.69 Å². The summed E-state index contributed by atoms with van der Waals surface area (Å²) >= 11 is 0. The quantitative estimate of drug-likeness (QED) is 0.355. The van der Waals surface area contributed by atoms with Crippen molar-refractivity contribution >= 4 is 44.9 Å². The van der Waals surface area contributed by atoms with Gasteiger partial charge in [-0.25, -0.2) is 23.2 Å². The molecule has 4 fully saturated rings. The molecule has 1 unspecified atom stereocenters. The van der Waals surface area contributed by atoms with E-state index in [9.17, 15) is 27.6 Å². The summed E-state index contributed by atoms with van der Waals surface area (Å²) in [6.45, 7) is 8.71. The van der Waals surface area contributed by atoms with E-state index in [1.807, 2.05) is 6.92 Å². The number of hydrogen-bond acceptors (Lipinski definition) is 10. The zero-order valence-corrected chi connectivity index (χ0v) is 34.0. The summed E-state index contributed by atoms with van der Waals surface area (Å²) in [4.78, 5) is 67.1. The predicted octanol–water partition coefficient (Wildman–Crippen LogP) is 5.09. The van der Waals surface area contributed by atoms with Gasteiger partial charge in [0.05, 0.1) is 22.8 Å². The number of benzene rings is 1. The van der Waals surface area contributed by atoms with E-state index in [1.165, 1.54) is 4.90 Å². The van der Waals surface area contributed by atoms with Crippen LogP contribution in [0, 0.1) is 23.2 Å². The number of nitrogens with one attached hydrogen (secondary N) is 3. The molecule has 17 heteroatoms. The number of ether oxygens (including phenoxy) is 2. The van der Waals surface area contributed by atoms with Gasteiger partial charge in [-0.15, -0.1) is 0 Å². The molecular weight excluding hydrogens is 763 g/mol. The molecule has 3 aliphatic heterocycles. The Morgan fingerprint density at radius 2 is 1.70 bits per heavy atom. The average Bonchev–Trinajstić information content (AvgIpc) is 3.83. The number of rotatable bonds is 6. The normalized spacial score (nSPS) is 32.1. The molecule has 14 nitrogen and oxygen atoms in total. The van der Waals surface area contributed by atoms with Gasteiger partial charge in [-0.3, -0.25) is 19.1 Å². The fourth-order valence-electron chi connectivity index (χ4n) is 9.02. The first-order valence-corrected chi connectivity index (χ1v) is 21.8. The van der Waals surface area contributed by atoms with Crippen molar-refractivity contribution < 1.29 is 45.9 Å². The van der Waals surface area contributed by atoms with Crippen LogP contribution in [0.15, 0.2) is 24.3 Å². The van der Waals surface area contributed by atoms with Gasteiger partial charge < -0.3 is 25.0 Å². The number of fused-ring (bicyclic) bond motifs is 8. The van der Waals surface area contributed by atoms with Crippen LogP contribution in [0.25, 0.3) is 11.0 Å². The molecule has 1 saturated heterocycles. The summed E-state index contributed by atoms with van der Waals surface area (Å²) < 4.78 is 72.8. The van der Waals surface area contributed by atoms with E-state index >= 15 is 8.78 Å². The zero-order chi connectivity index (χ0) is 41.1. The number of carbonyl (C=O) groups is 4. The summed E-state index contributed by atoms with van der Waals surface area (Å²) in [7, 11) is -3.96. The lowest BCUT2D eigenvalue weighted by molar-refractivity contribution is -0.144. The molecule has 3 saturated carbocycles. The Morgan fingerprint density at radius 1 is 1.02 bits per heavy atom. The van der Waals surface area contributed by atoms with Crippen LogP contribution < -0.4 is 20.1 Å². The van der Waals surface area contributed by atoms with E-state index in [1.54, 1.807) is 52.0 Å². The molecule has 3 aliphatic carbocycles. The molecule has 0 spiro atoms. The Kier molecular flexibility index (Phi) is 11.0. The first-order valence-electron chi connectivity index (χ1n) is 20.3. The fraction of sp³-hybridized carbons (Fsp3) is 0.700. The lowest BCUT2D eigenvalue weighted by atomic mass is 9.79. The number of sulfonamides is 1. The van der Waals surface area contributed by atoms with Crippen LogP contribution in [0.2, 0.25) is 0 Å². The molecule has 4 heterocycles. The van der Waals surface area contributed by atoms with Gasteiger partial charge in [0.1, 0.15) is 29.8 Å². The summed E-state index contributed by atoms with van der Waals surface area (Å²) in [6.07, 6.45) is 0.808. The van der Waals surface area contributed by atoms with Crippen molar-refractivity contribution in [1.29, 1.82) is 0 Å². The highest BCUT2D eigenvalue weighted by molar-refractivity contribution is 7.91. The Labute approximate surface area is 332 Å². The number of carbonyl (C=O) groups excluding carboxylic acids is 4. The Balaban J connectivity index is 1.29. The topological polar surface area (TPSA) is 186 Å². The molecule has 2 aromatic rings. The number of nitrogens with zero attached hydrogens (tertiary/aromatic N) is 3. The molecule has 0 radical (unpaired) electrons. The Hall–Kier alpha value is -4.15. The first kappa shape index (κ1) is 41.0. The van der Waals surface area contributed by atoms with Gasteiger partial charge in [-0.05, 0) is 93.6 Å². The second kappa shape index (κ2) is 15.2. The first-order chi connectivity index (χ1) is 26.8. The molecular formula is C40H54F2N6O8S. The predicted molar refractivity (Wildman–Crippen MR) is 204 cm³/mol. The van der Waals surface area contributed by atoms with E-state index in [0.717, 1.165) is 0 Å². The molecule has 8 rings (SSSR count). The minimum absolute atomic E-state index is 0.0342. The third kappa shape index (κ3) is 8.40. The number of halogens is 2. The zero-order valence-electron chi connectivity index (χ0n) is 33.2. The van der Waals surface area contributed by atoms with Crippen LogP contribution in [0.4, 0.5) is 13.6 Å². The lowest BCUT2D eigenvalue weighted by Gasteiger charge is -2.38. The molecule has 4 bridgehead atoms. The molecule has 312 valence electrons. The smallest absolute Gasteiger partial charge is 0.408 e. The number of aromatic nitrogens is 2. The van der Waals surface area contributed by atoms with Crippen LogP contribution in [-0.2, 0) is 35.1 Å². The Bertz CT molecular complexity index is 2020. The van der Waals surface area contributed by atoms with Gasteiger partial charge in [0, 0.05) is 12.3 Å². The standard InChI is InChI=1S/C40H54F2N6O8S/c1-6-26-29-21-48(30(26)33(49)46-39(17-15-22(2)20-39)36(51)47-57(53,54)25-13-14-25)35(50)32(38(3,4)5)45-37(52)55-24-18-23(19-24)10-9-16-40(41,42)31-34(56-29)44-28-12-8-7-11-27(28)43-31/h7-8,11-12,22-26,29-30,32H,6,9-10,13-21H2,1-5H3,(H,45,52)(H,46,49)(H,47,51)/t22?,23?,24?,26-,29+,30+,32-,39-/m1/s1. The number of hydrogen-bond donors (Lipinski definition) is 3. The maximum atomic E-state index is 16.3. The highest BCUT2D eigenvalue weighted by Crippen LogP contribution is 2.43. The summed E-state index contributed by atoms with van der Waals surface area (Å²) in [5, 5.41) is 4.98. The highest BCUT2D eigenvalue weighted by Gasteiger charge is 2.55. The fourth-order valence-corrected chi connectivity index (χ4v) is 10.4. The second-order valence-corrected chi connectivity index (χ2v) is 20.0. The number of alkyl halides is 2. The van der Waals surface area contributed by atoms with Crippen LogP contribution in [0.3, 0.4) is 0 Å². The monoisotopic (exact) mass is 816 g/mol. The number of alkyl carbamates (subject to hydrolysis) is 1. The molecule has 1 aromatic carbocycles. The SMILES string of the molecule is CC[C@@H]1[C@@H]2CN(C(=O)[C@H](C(C)(C)C)NC(=O)OC3CC(CCCC(F)(F)c4nc5ccccc5nc4O2)C3)[C@@H]1C(=O)N[C@]1(C(=O)NS(=O)(=O)C2CC2)CCC(C)C1. The number of amides is 4. The van der Waals surface area contributed by atoms with Crippen molar-refractivity contribution in [3.8, 4) is 5.88 Å². The second-order valence-electron chi connectivity index (χ2n) is 18.0. The van der Waals surface area contributed by atoms with Crippen molar-refractivity contribution in [3.05, 3.63) is 30.0 Å². The van der Waals surface area contributed by atoms with Gasteiger partial charge in [0.2, 0.25) is 27.7 Å². The molecule has 1 aromatic heterocycles. The van der Waals surface area contributed by atoms with Gasteiger partial charge in [0.25, 0.3) is 11.8 Å². The molecule has 57 heavy (non-hydrogen) atoms. The van der Waals surface area contributed by atoms with Crippen molar-refractivity contribution in [3.63, 3.8) is 0 Å². The maximum absolute atomic E-state index is 16.3. The minimum atomic E-state index is -3.96. The molecule has 6 aliphatic rings. The average molecular weight is 817 g/mol. The molecule has 4 amide bonds. The van der Waals surface area contributed by atoms with E-state index in [2.05, 4.69) is 25.3 Å². The Morgan fingerprint density at radius 3 is 2.32 bits per heavy atom. The highest BCUT2D eigenvalue weighted by atomic mass is 32.2. The van der Waals surface area contributed by atoms with E-state index in [4.69, 9.17) is 9.47 Å². The minimum Gasteiger partial charge on any atom is -0.471 e. The lowest BCUT2D eigenvalue weighted by Crippen LogP contribution is -2.64. The summed E-state index contributed by atoms with van der Waals surface area (Å²) in [5.41, 5.74) is -2.54. The molecule has 6 atom stereocenters. The largest absolute Gasteiger partial charge is 0.471 e. The van der Waals surface area contributed by atoms with Crippen LogP contribution >= 0.6 is 0 Å². The van der Waals surface area contributed by atoms with Gasteiger partial charge in [-0.1, -0.05) is 46.8 Å². The van der Waals surface area contributed by atoms with Crippen molar-refractivity contribution in [2.45, 2.75) is 146 Å². The van der Waals surface area contributed by atoms with Crippen molar-refractivity contribution in [1.82, 2.24) is 30.2 Å². The van der Waals surface area contributed by atoms with E-state index in [-0.39, 0.29) is 49.6 Å². The van der Waals surface area contributed by atoms with Crippen LogP contribution in [-0.4, -0.2) is 88.7 Å². The maximum Gasteiger partial charge on any atom is 0.408 e. The van der Waals surface area contributed by atoms with E-state index in [0.29, 0.717) is 44.0 Å². The van der Waals surface area contributed by atoms with Crippen molar-refractivity contribution in [2.75, 3.05) is 6.54 Å². The van der Waals surface area contributed by atoms with Gasteiger partial charge >= 0.3 is 6.09 Å². The number of para-hydroxylation sites is 2. The molecule has 3 N–H and O–H groups in total. The summed E-state index contributed by atoms with van der Waals surface area (Å²) in [6, 6.07) is 4.10. The third-order valence-electron chi connectivity index (χ3n) is 12.5. The summed E-state index contributed by atoms with van der Waals surface area (Å²) in [5.74, 6) is -6.82.